The highest BCUT2D eigenvalue weighted by molar-refractivity contribution is 6.74. The number of allylic oxidation sites excluding steroid dienone is 1. The lowest BCUT2D eigenvalue weighted by Crippen LogP contribution is -2.41. The molecule has 23 heavy (non-hydrogen) atoms. The molecule has 5 nitrogen and oxygen atoms in total. The monoisotopic (exact) mass is 340 g/mol. The first kappa shape index (κ1) is 17.0. The minimum absolute atomic E-state index is 0.0230. The standard InChI is InChI=1S/C17H28O5Si/c1-7-19-15-13-11(10-8-9-20-16(10)21-13)12(18)14(15)22-23(5,6)17(2,3)4/h10-11,13,16H,7-9H2,1-6H3/t10-,11+,13+,16+/m0/s1. The molecule has 6 heteroatoms. The van der Waals surface area contributed by atoms with E-state index in [4.69, 9.17) is 18.6 Å². The zero-order valence-electron chi connectivity index (χ0n) is 15.0. The van der Waals surface area contributed by atoms with Crippen LogP contribution in [-0.2, 0) is 23.4 Å². The SMILES string of the molecule is CCOC1=C(O[Si](C)(C)C(C)(C)C)C(=O)[C@H]2[C@@H]3CCO[C@@H]3O[C@@H]12. The van der Waals surface area contributed by atoms with Gasteiger partial charge in [-0.1, -0.05) is 20.8 Å². The molecular weight excluding hydrogens is 312 g/mol. The molecule has 0 aromatic heterocycles. The van der Waals surface area contributed by atoms with Gasteiger partial charge in [0.25, 0.3) is 8.32 Å². The van der Waals surface area contributed by atoms with Gasteiger partial charge in [-0.15, -0.1) is 0 Å². The van der Waals surface area contributed by atoms with Gasteiger partial charge in [-0.3, -0.25) is 4.79 Å². The van der Waals surface area contributed by atoms with Crippen molar-refractivity contribution >= 4 is 14.1 Å². The topological polar surface area (TPSA) is 54.0 Å². The van der Waals surface area contributed by atoms with Crippen LogP contribution in [0.1, 0.15) is 34.1 Å². The summed E-state index contributed by atoms with van der Waals surface area (Å²) in [5.41, 5.74) is 0. The average Bonchev–Trinajstić information content (AvgIpc) is 3.05. The normalized spacial score (nSPS) is 33.9. The second-order valence-electron chi connectivity index (χ2n) is 8.13. The summed E-state index contributed by atoms with van der Waals surface area (Å²) in [7, 11) is -2.11. The molecule has 2 aliphatic heterocycles. The fourth-order valence-corrected chi connectivity index (χ4v) is 4.31. The summed E-state index contributed by atoms with van der Waals surface area (Å²) >= 11 is 0. The molecule has 2 fully saturated rings. The van der Waals surface area contributed by atoms with Gasteiger partial charge >= 0.3 is 0 Å². The smallest absolute Gasteiger partial charge is 0.250 e. The highest BCUT2D eigenvalue weighted by Gasteiger charge is 2.60. The first-order chi connectivity index (χ1) is 10.7. The van der Waals surface area contributed by atoms with Crippen molar-refractivity contribution in [1.82, 2.24) is 0 Å². The number of fused-ring (bicyclic) bond motifs is 3. The van der Waals surface area contributed by atoms with Crippen molar-refractivity contribution in [1.29, 1.82) is 0 Å². The number of hydrogen-bond donors (Lipinski definition) is 0. The Bertz CT molecular complexity index is 534. The van der Waals surface area contributed by atoms with Crippen LogP contribution < -0.4 is 0 Å². The molecule has 0 aromatic rings. The van der Waals surface area contributed by atoms with Crippen LogP contribution in [0.25, 0.3) is 0 Å². The quantitative estimate of drug-likeness (QED) is 0.736. The van der Waals surface area contributed by atoms with E-state index in [1.165, 1.54) is 0 Å². The fraction of sp³-hybridized carbons (Fsp3) is 0.824. The molecule has 0 aromatic carbocycles. The molecule has 4 atom stereocenters. The third-order valence-corrected chi connectivity index (χ3v) is 9.95. The van der Waals surface area contributed by atoms with Gasteiger partial charge in [0, 0.05) is 5.92 Å². The first-order valence-corrected chi connectivity index (χ1v) is 11.5. The van der Waals surface area contributed by atoms with Crippen molar-refractivity contribution in [3.63, 3.8) is 0 Å². The van der Waals surface area contributed by atoms with Gasteiger partial charge in [0.05, 0.1) is 19.1 Å². The van der Waals surface area contributed by atoms with Crippen LogP contribution in [0.3, 0.4) is 0 Å². The van der Waals surface area contributed by atoms with Crippen molar-refractivity contribution in [2.24, 2.45) is 11.8 Å². The van der Waals surface area contributed by atoms with Crippen molar-refractivity contribution in [3.05, 3.63) is 11.5 Å². The third kappa shape index (κ3) is 2.64. The molecule has 0 unspecified atom stereocenters. The van der Waals surface area contributed by atoms with E-state index in [9.17, 15) is 4.79 Å². The van der Waals surface area contributed by atoms with Crippen LogP contribution >= 0.6 is 0 Å². The Balaban J connectivity index is 1.92. The van der Waals surface area contributed by atoms with Gasteiger partial charge in [-0.25, -0.2) is 0 Å². The predicted octanol–water partition coefficient (Wildman–Crippen LogP) is 3.22. The van der Waals surface area contributed by atoms with Crippen LogP contribution in [0.5, 0.6) is 0 Å². The van der Waals surface area contributed by atoms with Gasteiger partial charge in [-0.05, 0) is 31.5 Å². The molecule has 2 saturated heterocycles. The van der Waals surface area contributed by atoms with E-state index in [0.29, 0.717) is 24.7 Å². The van der Waals surface area contributed by atoms with E-state index >= 15 is 0 Å². The number of ketones is 1. The molecule has 0 amide bonds. The lowest BCUT2D eigenvalue weighted by atomic mass is 9.88. The van der Waals surface area contributed by atoms with E-state index in [-0.39, 0.29) is 35.1 Å². The Morgan fingerprint density at radius 2 is 2.00 bits per heavy atom. The maximum atomic E-state index is 13.0. The van der Waals surface area contributed by atoms with Gasteiger partial charge in [0.2, 0.25) is 5.78 Å². The number of carbonyl (C=O) groups is 1. The van der Waals surface area contributed by atoms with Crippen molar-refractivity contribution in [2.75, 3.05) is 13.2 Å². The van der Waals surface area contributed by atoms with E-state index in [2.05, 4.69) is 33.9 Å². The molecule has 0 radical (unpaired) electrons. The summed E-state index contributed by atoms with van der Waals surface area (Å²) in [5, 5.41) is 0.0230. The molecule has 130 valence electrons. The van der Waals surface area contributed by atoms with Crippen LogP contribution in [0, 0.1) is 11.8 Å². The third-order valence-electron chi connectivity index (χ3n) is 5.62. The second-order valence-corrected chi connectivity index (χ2v) is 12.9. The summed E-state index contributed by atoms with van der Waals surface area (Å²) in [4.78, 5) is 13.0. The largest absolute Gasteiger partial charge is 0.539 e. The molecule has 0 bridgehead atoms. The number of Topliss-reactive ketones (excluding diaryl/α,β-unsaturated/α-hetero) is 1. The Morgan fingerprint density at radius 1 is 1.30 bits per heavy atom. The Kier molecular flexibility index (Phi) is 4.14. The average molecular weight is 340 g/mol. The number of hydrogen-bond acceptors (Lipinski definition) is 5. The lowest BCUT2D eigenvalue weighted by molar-refractivity contribution is -0.122. The van der Waals surface area contributed by atoms with Crippen LogP contribution in [-0.4, -0.2) is 39.7 Å². The molecular formula is C17H28O5Si. The Hall–Kier alpha value is -0.853. The highest BCUT2D eigenvalue weighted by atomic mass is 28.4. The summed E-state index contributed by atoms with van der Waals surface area (Å²) in [6.07, 6.45) is 0.265. The minimum Gasteiger partial charge on any atom is -0.539 e. The maximum Gasteiger partial charge on any atom is 0.250 e. The summed E-state index contributed by atoms with van der Waals surface area (Å²) in [6.45, 7) is 13.9. The van der Waals surface area contributed by atoms with Crippen molar-refractivity contribution < 1.29 is 23.4 Å². The van der Waals surface area contributed by atoms with E-state index in [1.807, 2.05) is 6.92 Å². The molecule has 0 saturated carbocycles. The van der Waals surface area contributed by atoms with E-state index < -0.39 is 8.32 Å². The van der Waals surface area contributed by atoms with Crippen molar-refractivity contribution in [3.8, 4) is 0 Å². The Labute approximate surface area is 139 Å². The molecule has 0 N–H and O–H groups in total. The zero-order chi connectivity index (χ0) is 17.0. The van der Waals surface area contributed by atoms with Crippen molar-refractivity contribution in [2.45, 2.75) is 64.6 Å². The number of ether oxygens (including phenoxy) is 3. The van der Waals surface area contributed by atoms with Gasteiger partial charge < -0.3 is 18.6 Å². The summed E-state index contributed by atoms with van der Waals surface area (Å²) < 4.78 is 23.7. The molecule has 3 rings (SSSR count). The fourth-order valence-electron chi connectivity index (χ4n) is 3.29. The lowest BCUT2D eigenvalue weighted by Gasteiger charge is -2.36. The maximum absolute atomic E-state index is 13.0. The summed E-state index contributed by atoms with van der Waals surface area (Å²) in [6, 6.07) is 0. The van der Waals surface area contributed by atoms with Gasteiger partial charge in [0.15, 0.2) is 17.8 Å². The molecule has 0 spiro atoms. The molecule has 1 aliphatic carbocycles. The second kappa shape index (κ2) is 5.60. The number of rotatable bonds is 4. The van der Waals surface area contributed by atoms with Gasteiger partial charge in [-0.2, -0.15) is 0 Å². The highest BCUT2D eigenvalue weighted by Crippen LogP contribution is 2.50. The minimum atomic E-state index is -2.11. The first-order valence-electron chi connectivity index (χ1n) is 8.54. The van der Waals surface area contributed by atoms with Gasteiger partial charge in [0.1, 0.15) is 6.10 Å². The van der Waals surface area contributed by atoms with Crippen LogP contribution in [0.2, 0.25) is 18.1 Å². The summed E-state index contributed by atoms with van der Waals surface area (Å²) in [5.74, 6) is 0.970. The number of carbonyl (C=O) groups excluding carboxylic acids is 1. The van der Waals surface area contributed by atoms with E-state index in [0.717, 1.165) is 6.42 Å². The van der Waals surface area contributed by atoms with Crippen LogP contribution in [0.15, 0.2) is 11.5 Å². The molecule has 3 aliphatic rings. The van der Waals surface area contributed by atoms with E-state index in [1.54, 1.807) is 0 Å². The zero-order valence-corrected chi connectivity index (χ0v) is 16.0. The Morgan fingerprint density at radius 3 is 2.61 bits per heavy atom. The predicted molar refractivity (Wildman–Crippen MR) is 88.2 cm³/mol. The molecule has 2 heterocycles. The van der Waals surface area contributed by atoms with Crippen LogP contribution in [0.4, 0.5) is 0 Å².